The highest BCUT2D eigenvalue weighted by Crippen LogP contribution is 2.23. The molecule has 94 valence electrons. The van der Waals surface area contributed by atoms with E-state index in [0.717, 1.165) is 5.56 Å². The molecule has 2 aromatic rings. The Morgan fingerprint density at radius 3 is 2.44 bits per heavy atom. The third kappa shape index (κ3) is 2.81. The monoisotopic (exact) mass is 322 g/mol. The molecule has 0 radical (unpaired) electrons. The number of rotatable bonds is 2. The SMILES string of the molecule is O=c1c(Cl)c(Cl)cnn1Cc1ccc(Cl)c(Cl)c1. The van der Waals surface area contributed by atoms with Crippen molar-refractivity contribution in [2.24, 2.45) is 0 Å². The minimum atomic E-state index is -0.449. The van der Waals surface area contributed by atoms with Crippen molar-refractivity contribution < 1.29 is 0 Å². The van der Waals surface area contributed by atoms with Gasteiger partial charge in [-0.25, -0.2) is 4.68 Å². The molecular formula is C11H6Cl4N2O. The van der Waals surface area contributed by atoms with E-state index in [-0.39, 0.29) is 16.6 Å². The molecule has 0 aliphatic carbocycles. The van der Waals surface area contributed by atoms with Crippen molar-refractivity contribution in [3.8, 4) is 0 Å². The van der Waals surface area contributed by atoms with Crippen molar-refractivity contribution in [1.29, 1.82) is 0 Å². The lowest BCUT2D eigenvalue weighted by Gasteiger charge is -2.06. The molecule has 1 heterocycles. The fraction of sp³-hybridized carbons (Fsp3) is 0.0909. The van der Waals surface area contributed by atoms with E-state index in [1.807, 2.05) is 0 Å². The lowest BCUT2D eigenvalue weighted by atomic mass is 10.2. The second-order valence-electron chi connectivity index (χ2n) is 3.52. The molecule has 2 rings (SSSR count). The third-order valence-corrected chi connectivity index (χ3v) is 3.75. The average Bonchev–Trinajstić information content (AvgIpc) is 2.34. The van der Waals surface area contributed by atoms with E-state index in [0.29, 0.717) is 10.0 Å². The second-order valence-corrected chi connectivity index (χ2v) is 5.12. The van der Waals surface area contributed by atoms with E-state index < -0.39 is 5.56 Å². The molecule has 0 amide bonds. The van der Waals surface area contributed by atoms with Gasteiger partial charge in [0.1, 0.15) is 5.02 Å². The first-order valence-electron chi connectivity index (χ1n) is 4.84. The van der Waals surface area contributed by atoms with E-state index in [2.05, 4.69) is 5.10 Å². The number of hydrogen-bond donors (Lipinski definition) is 0. The maximum atomic E-state index is 11.8. The fourth-order valence-electron chi connectivity index (χ4n) is 1.37. The molecule has 0 unspecified atom stereocenters. The van der Waals surface area contributed by atoms with E-state index >= 15 is 0 Å². The van der Waals surface area contributed by atoms with Gasteiger partial charge in [-0.3, -0.25) is 4.79 Å². The Morgan fingerprint density at radius 1 is 1.06 bits per heavy atom. The number of hydrogen-bond acceptors (Lipinski definition) is 2. The number of aromatic nitrogens is 2. The smallest absolute Gasteiger partial charge is 0.266 e. The van der Waals surface area contributed by atoms with Crippen molar-refractivity contribution in [1.82, 2.24) is 9.78 Å². The van der Waals surface area contributed by atoms with Gasteiger partial charge in [-0.2, -0.15) is 5.10 Å². The summed E-state index contributed by atoms with van der Waals surface area (Å²) >= 11 is 23.1. The molecule has 1 aromatic heterocycles. The first kappa shape index (κ1) is 13.7. The fourth-order valence-corrected chi connectivity index (χ4v) is 1.96. The Balaban J connectivity index is 2.37. The van der Waals surface area contributed by atoms with Crippen LogP contribution in [0.1, 0.15) is 5.56 Å². The van der Waals surface area contributed by atoms with Gasteiger partial charge in [-0.15, -0.1) is 0 Å². The number of halogens is 4. The van der Waals surface area contributed by atoms with E-state index in [1.54, 1.807) is 18.2 Å². The molecule has 0 aliphatic rings. The summed E-state index contributed by atoms with van der Waals surface area (Å²) in [5.74, 6) is 0. The van der Waals surface area contributed by atoms with Crippen LogP contribution >= 0.6 is 46.4 Å². The largest absolute Gasteiger partial charge is 0.287 e. The zero-order valence-corrected chi connectivity index (χ0v) is 11.9. The summed E-state index contributed by atoms with van der Waals surface area (Å²) in [5, 5.41) is 4.85. The van der Waals surface area contributed by atoms with Gasteiger partial charge in [0.2, 0.25) is 0 Å². The van der Waals surface area contributed by atoms with Crippen LogP contribution in [0.15, 0.2) is 29.2 Å². The van der Waals surface area contributed by atoms with Crippen molar-refractivity contribution in [3.63, 3.8) is 0 Å². The maximum Gasteiger partial charge on any atom is 0.287 e. The summed E-state index contributed by atoms with van der Waals surface area (Å²) in [6.45, 7) is 0.243. The van der Waals surface area contributed by atoms with Crippen molar-refractivity contribution in [2.45, 2.75) is 6.54 Å². The summed E-state index contributed by atoms with van der Waals surface area (Å²) in [6.07, 6.45) is 1.32. The summed E-state index contributed by atoms with van der Waals surface area (Å²) < 4.78 is 1.20. The summed E-state index contributed by atoms with van der Waals surface area (Å²) in [6, 6.07) is 5.08. The zero-order valence-electron chi connectivity index (χ0n) is 8.83. The first-order valence-corrected chi connectivity index (χ1v) is 6.35. The van der Waals surface area contributed by atoms with Crippen molar-refractivity contribution >= 4 is 46.4 Å². The molecule has 7 heteroatoms. The molecule has 0 aliphatic heterocycles. The van der Waals surface area contributed by atoms with Crippen LogP contribution in [0, 0.1) is 0 Å². The van der Waals surface area contributed by atoms with Crippen LogP contribution in [0.2, 0.25) is 20.1 Å². The predicted molar refractivity (Wildman–Crippen MR) is 74.1 cm³/mol. The average molecular weight is 324 g/mol. The van der Waals surface area contributed by atoms with Gasteiger partial charge < -0.3 is 0 Å². The van der Waals surface area contributed by atoms with Gasteiger partial charge in [0.05, 0.1) is 27.8 Å². The van der Waals surface area contributed by atoms with Gasteiger partial charge in [0.25, 0.3) is 5.56 Å². The Kier molecular flexibility index (Phi) is 4.17. The lowest BCUT2D eigenvalue weighted by Crippen LogP contribution is -2.23. The van der Waals surface area contributed by atoms with Crippen LogP contribution in [0.4, 0.5) is 0 Å². The molecular weight excluding hydrogens is 318 g/mol. The van der Waals surface area contributed by atoms with Crippen LogP contribution < -0.4 is 5.56 Å². The molecule has 0 bridgehead atoms. The normalized spacial score (nSPS) is 10.7. The van der Waals surface area contributed by atoms with Crippen LogP contribution in [-0.2, 0) is 6.54 Å². The summed E-state index contributed by atoms with van der Waals surface area (Å²) in [4.78, 5) is 11.8. The van der Waals surface area contributed by atoms with E-state index in [4.69, 9.17) is 46.4 Å². The molecule has 0 saturated heterocycles. The summed E-state index contributed by atoms with van der Waals surface area (Å²) in [7, 11) is 0. The predicted octanol–water partition coefficient (Wildman–Crippen LogP) is 3.91. The highest BCUT2D eigenvalue weighted by molar-refractivity contribution is 6.42. The van der Waals surface area contributed by atoms with Crippen molar-refractivity contribution in [2.75, 3.05) is 0 Å². The van der Waals surface area contributed by atoms with Crippen molar-refractivity contribution in [3.05, 3.63) is 60.4 Å². The van der Waals surface area contributed by atoms with Crippen LogP contribution in [-0.4, -0.2) is 9.78 Å². The third-order valence-electron chi connectivity index (χ3n) is 2.26. The second kappa shape index (κ2) is 5.49. The molecule has 0 fully saturated rings. The summed E-state index contributed by atoms with van der Waals surface area (Å²) in [5.41, 5.74) is 0.340. The van der Waals surface area contributed by atoms with Crippen LogP contribution in [0.25, 0.3) is 0 Å². The van der Waals surface area contributed by atoms with E-state index in [9.17, 15) is 4.79 Å². The molecule has 0 spiro atoms. The number of benzene rings is 1. The first-order chi connectivity index (χ1) is 8.49. The zero-order chi connectivity index (χ0) is 13.3. The Morgan fingerprint density at radius 2 is 1.78 bits per heavy atom. The Bertz CT molecular complexity index is 654. The maximum absolute atomic E-state index is 11.8. The minimum Gasteiger partial charge on any atom is -0.266 e. The highest BCUT2D eigenvalue weighted by Gasteiger charge is 2.08. The van der Waals surface area contributed by atoms with Gasteiger partial charge in [-0.05, 0) is 17.7 Å². The van der Waals surface area contributed by atoms with E-state index in [1.165, 1.54) is 10.9 Å². The van der Waals surface area contributed by atoms with Crippen LogP contribution in [0.3, 0.4) is 0 Å². The lowest BCUT2D eigenvalue weighted by molar-refractivity contribution is 0.639. The van der Waals surface area contributed by atoms with Gasteiger partial charge >= 0.3 is 0 Å². The molecule has 0 saturated carbocycles. The highest BCUT2D eigenvalue weighted by atomic mass is 35.5. The van der Waals surface area contributed by atoms with Gasteiger partial charge in [0, 0.05) is 0 Å². The standard InChI is InChI=1S/C11H6Cl4N2O/c12-7-2-1-6(3-8(7)13)5-17-11(18)10(15)9(14)4-16-17/h1-4H,5H2. The molecule has 18 heavy (non-hydrogen) atoms. The molecule has 0 atom stereocenters. The quantitative estimate of drug-likeness (QED) is 0.840. The minimum absolute atomic E-state index is 0.0493. The topological polar surface area (TPSA) is 34.9 Å². The Labute approximate surface area is 123 Å². The van der Waals surface area contributed by atoms with Gasteiger partial charge in [-0.1, -0.05) is 52.5 Å². The number of nitrogens with zero attached hydrogens (tertiary/aromatic N) is 2. The molecule has 1 aromatic carbocycles. The van der Waals surface area contributed by atoms with Crippen LogP contribution in [0.5, 0.6) is 0 Å². The van der Waals surface area contributed by atoms with Gasteiger partial charge in [0.15, 0.2) is 0 Å². The molecule has 0 N–H and O–H groups in total. The molecule has 3 nitrogen and oxygen atoms in total. The Hall–Kier alpha value is -0.740.